The second kappa shape index (κ2) is 5.23. The summed E-state index contributed by atoms with van der Waals surface area (Å²) in [7, 11) is 0. The number of carbonyl (C=O) groups is 1. The molecule has 2 atom stereocenters. The van der Waals surface area contributed by atoms with Crippen LogP contribution in [-0.2, 0) is 4.74 Å². The molecule has 6 nitrogen and oxygen atoms in total. The molecule has 0 aliphatic heterocycles. The Balaban J connectivity index is 1.50. The van der Waals surface area contributed by atoms with Crippen LogP contribution in [0.15, 0.2) is 23.0 Å². The smallest absolute Gasteiger partial charge is 0.323 e. The molecule has 6 heteroatoms. The molecule has 1 spiro atoms. The van der Waals surface area contributed by atoms with Crippen molar-refractivity contribution in [2.24, 2.45) is 5.41 Å². The highest BCUT2D eigenvalue weighted by Crippen LogP contribution is 2.57. The van der Waals surface area contributed by atoms with Crippen molar-refractivity contribution in [2.75, 3.05) is 6.61 Å². The van der Waals surface area contributed by atoms with Gasteiger partial charge in [-0.2, -0.15) is 0 Å². The minimum Gasteiger partial charge on any atom is -0.378 e. The van der Waals surface area contributed by atoms with Crippen LogP contribution in [0.2, 0.25) is 0 Å². The molecule has 23 heavy (non-hydrogen) atoms. The first kappa shape index (κ1) is 14.5. The third-order valence-corrected chi connectivity index (χ3v) is 5.52. The van der Waals surface area contributed by atoms with Gasteiger partial charge in [0.2, 0.25) is 0 Å². The summed E-state index contributed by atoms with van der Waals surface area (Å²) in [6.45, 7) is 2.75. The number of hydrogen-bond acceptors (Lipinski definition) is 3. The van der Waals surface area contributed by atoms with Gasteiger partial charge in [0.1, 0.15) is 0 Å². The van der Waals surface area contributed by atoms with Crippen LogP contribution in [0.25, 0.3) is 11.0 Å². The summed E-state index contributed by atoms with van der Waals surface area (Å²) in [5.74, 6) is -0.0832. The average molecular weight is 315 g/mol. The molecule has 0 radical (unpaired) electrons. The van der Waals surface area contributed by atoms with Gasteiger partial charge in [-0.05, 0) is 44.4 Å². The van der Waals surface area contributed by atoms with Gasteiger partial charge < -0.3 is 20.0 Å². The Labute approximate surface area is 133 Å². The van der Waals surface area contributed by atoms with E-state index in [4.69, 9.17) is 4.74 Å². The lowest BCUT2D eigenvalue weighted by Gasteiger charge is -2.61. The molecule has 2 aromatic rings. The number of amides is 1. The summed E-state index contributed by atoms with van der Waals surface area (Å²) in [6, 6.07) is 5.41. The molecule has 0 saturated heterocycles. The number of imidazole rings is 1. The molecule has 0 unspecified atom stereocenters. The van der Waals surface area contributed by atoms with Crippen molar-refractivity contribution < 1.29 is 9.53 Å². The van der Waals surface area contributed by atoms with Gasteiger partial charge in [-0.3, -0.25) is 4.79 Å². The summed E-state index contributed by atoms with van der Waals surface area (Å²) < 4.78 is 5.82. The van der Waals surface area contributed by atoms with Crippen LogP contribution in [-0.4, -0.2) is 34.6 Å². The fourth-order valence-electron chi connectivity index (χ4n) is 4.06. The van der Waals surface area contributed by atoms with Crippen molar-refractivity contribution in [2.45, 2.75) is 44.8 Å². The Morgan fingerprint density at radius 3 is 2.83 bits per heavy atom. The Bertz CT molecular complexity index is 803. The maximum absolute atomic E-state index is 12.5. The Kier molecular flexibility index (Phi) is 3.30. The lowest BCUT2D eigenvalue weighted by atomic mass is 9.51. The van der Waals surface area contributed by atoms with E-state index in [-0.39, 0.29) is 29.2 Å². The zero-order valence-electron chi connectivity index (χ0n) is 13.1. The highest BCUT2D eigenvalue weighted by Gasteiger charge is 2.59. The van der Waals surface area contributed by atoms with Crippen molar-refractivity contribution >= 4 is 16.9 Å². The van der Waals surface area contributed by atoms with Gasteiger partial charge in [0.05, 0.1) is 17.1 Å². The van der Waals surface area contributed by atoms with E-state index < -0.39 is 0 Å². The van der Waals surface area contributed by atoms with E-state index in [1.54, 1.807) is 18.2 Å². The van der Waals surface area contributed by atoms with E-state index in [0.29, 0.717) is 16.6 Å². The molecule has 4 rings (SSSR count). The second-order valence-corrected chi connectivity index (χ2v) is 6.63. The maximum atomic E-state index is 12.5. The number of benzene rings is 1. The number of nitrogens with one attached hydrogen (secondary N) is 3. The highest BCUT2D eigenvalue weighted by atomic mass is 16.5. The second-order valence-electron chi connectivity index (χ2n) is 6.63. The molecule has 122 valence electrons. The molecular weight excluding hydrogens is 294 g/mol. The quantitative estimate of drug-likeness (QED) is 0.806. The largest absolute Gasteiger partial charge is 0.378 e. The number of aromatic nitrogens is 2. The molecule has 2 saturated carbocycles. The summed E-state index contributed by atoms with van der Waals surface area (Å²) in [4.78, 5) is 29.2. The molecule has 1 amide bonds. The third kappa shape index (κ3) is 2.20. The number of fused-ring (bicyclic) bond motifs is 1. The lowest BCUT2D eigenvalue weighted by molar-refractivity contribution is -0.169. The molecule has 2 aliphatic carbocycles. The van der Waals surface area contributed by atoms with Crippen molar-refractivity contribution in [3.05, 3.63) is 34.2 Å². The minimum absolute atomic E-state index is 0.0832. The van der Waals surface area contributed by atoms with Crippen LogP contribution < -0.4 is 11.0 Å². The van der Waals surface area contributed by atoms with Gasteiger partial charge in [-0.1, -0.05) is 6.42 Å². The predicted molar refractivity (Wildman–Crippen MR) is 86.5 cm³/mol. The molecule has 1 aromatic carbocycles. The first-order valence-corrected chi connectivity index (χ1v) is 8.27. The van der Waals surface area contributed by atoms with Gasteiger partial charge >= 0.3 is 5.69 Å². The van der Waals surface area contributed by atoms with Crippen LogP contribution in [0.5, 0.6) is 0 Å². The molecular formula is C17H21N3O3. The number of ether oxygens (including phenoxy) is 1. The number of aromatic amines is 2. The summed E-state index contributed by atoms with van der Waals surface area (Å²) in [5.41, 5.74) is 1.83. The molecule has 0 bridgehead atoms. The van der Waals surface area contributed by atoms with Crippen LogP contribution in [0.3, 0.4) is 0 Å². The van der Waals surface area contributed by atoms with E-state index in [1.807, 2.05) is 6.92 Å². The molecule has 2 aliphatic rings. The van der Waals surface area contributed by atoms with Gasteiger partial charge in [0.15, 0.2) is 0 Å². The van der Waals surface area contributed by atoms with Gasteiger partial charge in [-0.15, -0.1) is 0 Å². The van der Waals surface area contributed by atoms with E-state index in [1.165, 1.54) is 6.42 Å². The SMILES string of the molecule is CCO[C@@H]1C[C@@H](NC(=O)c2ccc3[nH]c(=O)[nH]c3c2)C12CCC2. The number of H-pyrrole nitrogens is 2. The average Bonchev–Trinajstić information content (AvgIpc) is 2.83. The van der Waals surface area contributed by atoms with Crippen LogP contribution >= 0.6 is 0 Å². The number of hydrogen-bond donors (Lipinski definition) is 3. The Hall–Kier alpha value is -2.08. The van der Waals surface area contributed by atoms with Crippen molar-refractivity contribution in [3.8, 4) is 0 Å². The van der Waals surface area contributed by atoms with Gasteiger partial charge in [0.25, 0.3) is 5.91 Å². The maximum Gasteiger partial charge on any atom is 0.323 e. The lowest BCUT2D eigenvalue weighted by Crippen LogP contribution is -2.67. The topological polar surface area (TPSA) is 87.0 Å². The van der Waals surface area contributed by atoms with Gasteiger partial charge in [0, 0.05) is 23.6 Å². The zero-order chi connectivity index (χ0) is 16.0. The number of carbonyl (C=O) groups excluding carboxylic acids is 1. The fraction of sp³-hybridized carbons (Fsp3) is 0.529. The summed E-state index contributed by atoms with van der Waals surface area (Å²) >= 11 is 0. The highest BCUT2D eigenvalue weighted by molar-refractivity contribution is 5.97. The van der Waals surface area contributed by atoms with E-state index in [9.17, 15) is 9.59 Å². The molecule has 1 heterocycles. The van der Waals surface area contributed by atoms with E-state index in [2.05, 4.69) is 15.3 Å². The van der Waals surface area contributed by atoms with Crippen molar-refractivity contribution in [1.29, 1.82) is 0 Å². The first-order valence-electron chi connectivity index (χ1n) is 8.27. The summed E-state index contributed by atoms with van der Waals surface area (Å²) in [6.07, 6.45) is 4.66. The van der Waals surface area contributed by atoms with E-state index >= 15 is 0 Å². The standard InChI is InChI=1S/C17H21N3O3/c1-2-23-14-9-13(17(14)6-3-7-17)20-15(21)10-4-5-11-12(8-10)19-16(22)18-11/h4-5,8,13-14H,2-3,6-7,9H2,1H3,(H,20,21)(H2,18,19,22)/t13-,14-/m1/s1. The predicted octanol–water partition coefficient (Wildman–Crippen LogP) is 1.93. The molecule has 2 fully saturated rings. The molecule has 1 aromatic heterocycles. The van der Waals surface area contributed by atoms with Crippen molar-refractivity contribution in [1.82, 2.24) is 15.3 Å². The molecule has 3 N–H and O–H groups in total. The normalized spacial score (nSPS) is 25.1. The van der Waals surface area contributed by atoms with Gasteiger partial charge in [-0.25, -0.2) is 4.79 Å². The fourth-order valence-corrected chi connectivity index (χ4v) is 4.06. The monoisotopic (exact) mass is 315 g/mol. The summed E-state index contributed by atoms with van der Waals surface area (Å²) in [5, 5.41) is 3.16. The van der Waals surface area contributed by atoms with Crippen LogP contribution in [0.1, 0.15) is 43.0 Å². The van der Waals surface area contributed by atoms with Crippen LogP contribution in [0.4, 0.5) is 0 Å². The Morgan fingerprint density at radius 2 is 2.13 bits per heavy atom. The number of rotatable bonds is 4. The van der Waals surface area contributed by atoms with E-state index in [0.717, 1.165) is 25.9 Å². The third-order valence-electron chi connectivity index (χ3n) is 5.52. The minimum atomic E-state index is -0.260. The Morgan fingerprint density at radius 1 is 1.35 bits per heavy atom. The van der Waals surface area contributed by atoms with Crippen LogP contribution in [0, 0.1) is 5.41 Å². The first-order chi connectivity index (χ1) is 11.1. The zero-order valence-corrected chi connectivity index (χ0v) is 13.1. The van der Waals surface area contributed by atoms with Crippen molar-refractivity contribution in [3.63, 3.8) is 0 Å².